The van der Waals surface area contributed by atoms with Crippen molar-refractivity contribution in [3.8, 4) is 5.75 Å². The summed E-state index contributed by atoms with van der Waals surface area (Å²) in [6.45, 7) is 1.19. The third-order valence-corrected chi connectivity index (χ3v) is 2.68. The SMILES string of the molecule is CCOC(=O)C(F)(F)C(O)c1ccc(OC)c(Cl)c1. The van der Waals surface area contributed by atoms with E-state index in [0.717, 1.165) is 6.07 Å². The molecule has 0 aromatic heterocycles. The normalized spacial score (nSPS) is 12.9. The first-order chi connectivity index (χ1) is 8.84. The standard InChI is InChI=1S/C12H13ClF2O4/c1-3-19-11(17)12(14,15)10(16)7-4-5-9(18-2)8(13)6-7/h4-6,10,16H,3H2,1-2H3. The Morgan fingerprint density at radius 3 is 2.63 bits per heavy atom. The molecular weight excluding hydrogens is 282 g/mol. The molecule has 106 valence electrons. The quantitative estimate of drug-likeness (QED) is 0.848. The average Bonchev–Trinajstić information content (AvgIpc) is 2.37. The Balaban J connectivity index is 3.02. The molecule has 19 heavy (non-hydrogen) atoms. The lowest BCUT2D eigenvalue weighted by molar-refractivity contribution is -0.189. The number of aliphatic hydroxyl groups is 1. The molecule has 0 amide bonds. The van der Waals surface area contributed by atoms with Crippen molar-refractivity contribution in [2.24, 2.45) is 0 Å². The molecule has 0 saturated carbocycles. The van der Waals surface area contributed by atoms with Gasteiger partial charge in [0.1, 0.15) is 5.75 Å². The van der Waals surface area contributed by atoms with Crippen LogP contribution in [0.2, 0.25) is 5.02 Å². The van der Waals surface area contributed by atoms with Crippen LogP contribution in [0.25, 0.3) is 0 Å². The van der Waals surface area contributed by atoms with Crippen LogP contribution in [0, 0.1) is 0 Å². The smallest absolute Gasteiger partial charge is 0.380 e. The predicted octanol–water partition coefficient (Wildman–Crippen LogP) is 2.58. The van der Waals surface area contributed by atoms with Crippen LogP contribution in [-0.2, 0) is 9.53 Å². The summed E-state index contributed by atoms with van der Waals surface area (Å²) in [5.74, 6) is -5.56. The van der Waals surface area contributed by atoms with Crippen LogP contribution in [0.5, 0.6) is 5.75 Å². The van der Waals surface area contributed by atoms with Crippen molar-refractivity contribution in [1.82, 2.24) is 0 Å². The van der Waals surface area contributed by atoms with Crippen LogP contribution in [-0.4, -0.2) is 30.7 Å². The lowest BCUT2D eigenvalue weighted by Crippen LogP contribution is -2.37. The number of carbonyl (C=O) groups is 1. The fourth-order valence-corrected chi connectivity index (χ4v) is 1.67. The second kappa shape index (κ2) is 6.16. The minimum Gasteiger partial charge on any atom is -0.495 e. The molecule has 4 nitrogen and oxygen atoms in total. The van der Waals surface area contributed by atoms with Gasteiger partial charge in [0.2, 0.25) is 0 Å². The summed E-state index contributed by atoms with van der Waals surface area (Å²) >= 11 is 5.77. The summed E-state index contributed by atoms with van der Waals surface area (Å²) in [6.07, 6.45) is -2.34. The number of alkyl halides is 2. The van der Waals surface area contributed by atoms with Crippen LogP contribution < -0.4 is 4.74 Å². The van der Waals surface area contributed by atoms with Crippen molar-refractivity contribution >= 4 is 17.6 Å². The molecule has 1 aromatic carbocycles. The highest BCUT2D eigenvalue weighted by molar-refractivity contribution is 6.32. The molecule has 1 unspecified atom stereocenters. The summed E-state index contributed by atoms with van der Waals surface area (Å²) in [5, 5.41) is 9.64. The maximum atomic E-state index is 13.6. The van der Waals surface area contributed by atoms with Crippen molar-refractivity contribution in [1.29, 1.82) is 0 Å². The molecule has 0 spiro atoms. The minimum absolute atomic E-state index is 0.0544. The van der Waals surface area contributed by atoms with E-state index >= 15 is 0 Å². The van der Waals surface area contributed by atoms with E-state index in [1.54, 1.807) is 0 Å². The zero-order valence-electron chi connectivity index (χ0n) is 10.3. The van der Waals surface area contributed by atoms with Crippen LogP contribution in [0.1, 0.15) is 18.6 Å². The second-order valence-corrected chi connectivity index (χ2v) is 4.05. The van der Waals surface area contributed by atoms with E-state index in [9.17, 15) is 18.7 Å². The van der Waals surface area contributed by atoms with Crippen molar-refractivity contribution < 1.29 is 28.2 Å². The fraction of sp³-hybridized carbons (Fsp3) is 0.417. The maximum absolute atomic E-state index is 13.6. The first-order valence-corrected chi connectivity index (χ1v) is 5.78. The largest absolute Gasteiger partial charge is 0.495 e. The molecule has 0 bridgehead atoms. The molecule has 1 atom stereocenters. The van der Waals surface area contributed by atoms with E-state index < -0.39 is 18.0 Å². The molecule has 1 N–H and O–H groups in total. The number of esters is 1. The zero-order valence-corrected chi connectivity index (χ0v) is 11.1. The van der Waals surface area contributed by atoms with E-state index in [1.165, 1.54) is 26.2 Å². The van der Waals surface area contributed by atoms with E-state index in [-0.39, 0.29) is 22.9 Å². The summed E-state index contributed by atoms with van der Waals surface area (Å²) in [7, 11) is 1.37. The Labute approximate surface area is 113 Å². The van der Waals surface area contributed by atoms with Gasteiger partial charge >= 0.3 is 11.9 Å². The minimum atomic E-state index is -4.05. The highest BCUT2D eigenvalue weighted by Gasteiger charge is 2.49. The number of hydrogen-bond acceptors (Lipinski definition) is 4. The van der Waals surface area contributed by atoms with Crippen LogP contribution in [0.3, 0.4) is 0 Å². The number of hydrogen-bond donors (Lipinski definition) is 1. The molecule has 1 aromatic rings. The highest BCUT2D eigenvalue weighted by atomic mass is 35.5. The van der Waals surface area contributed by atoms with Gasteiger partial charge in [-0.25, -0.2) is 4.79 Å². The Morgan fingerprint density at radius 2 is 2.16 bits per heavy atom. The Morgan fingerprint density at radius 1 is 1.53 bits per heavy atom. The predicted molar refractivity (Wildman–Crippen MR) is 64.5 cm³/mol. The number of carbonyl (C=O) groups excluding carboxylic acids is 1. The summed E-state index contributed by atoms with van der Waals surface area (Å²) in [6, 6.07) is 3.63. The van der Waals surface area contributed by atoms with Gasteiger partial charge in [-0.2, -0.15) is 8.78 Å². The highest BCUT2D eigenvalue weighted by Crippen LogP contribution is 2.35. The number of halogens is 3. The first-order valence-electron chi connectivity index (χ1n) is 5.41. The number of methoxy groups -OCH3 is 1. The van der Waals surface area contributed by atoms with E-state index in [4.69, 9.17) is 16.3 Å². The molecule has 1 rings (SSSR count). The van der Waals surface area contributed by atoms with Gasteiger partial charge in [-0.3, -0.25) is 0 Å². The van der Waals surface area contributed by atoms with Gasteiger partial charge in [-0.15, -0.1) is 0 Å². The maximum Gasteiger partial charge on any atom is 0.380 e. The van der Waals surface area contributed by atoms with Crippen molar-refractivity contribution in [2.75, 3.05) is 13.7 Å². The first kappa shape index (κ1) is 15.7. The monoisotopic (exact) mass is 294 g/mol. The lowest BCUT2D eigenvalue weighted by Gasteiger charge is -2.21. The van der Waals surface area contributed by atoms with Gasteiger partial charge in [0.15, 0.2) is 6.10 Å². The third kappa shape index (κ3) is 3.33. The molecule has 0 fully saturated rings. The topological polar surface area (TPSA) is 55.8 Å². The number of benzene rings is 1. The summed E-state index contributed by atoms with van der Waals surface area (Å²) in [4.78, 5) is 11.1. The van der Waals surface area contributed by atoms with E-state index in [0.29, 0.717) is 0 Å². The third-order valence-electron chi connectivity index (χ3n) is 2.38. The fourth-order valence-electron chi connectivity index (χ4n) is 1.40. The van der Waals surface area contributed by atoms with Gasteiger partial charge in [0, 0.05) is 0 Å². The molecule has 0 aliphatic rings. The van der Waals surface area contributed by atoms with E-state index in [2.05, 4.69) is 4.74 Å². The molecule has 7 heteroatoms. The van der Waals surface area contributed by atoms with Crippen molar-refractivity contribution in [3.05, 3.63) is 28.8 Å². The molecule has 0 aliphatic carbocycles. The van der Waals surface area contributed by atoms with Gasteiger partial charge in [0.05, 0.1) is 18.7 Å². The van der Waals surface area contributed by atoms with Crippen molar-refractivity contribution in [2.45, 2.75) is 19.0 Å². The number of rotatable bonds is 5. The van der Waals surface area contributed by atoms with Crippen molar-refractivity contribution in [3.63, 3.8) is 0 Å². The zero-order chi connectivity index (χ0) is 14.6. The van der Waals surface area contributed by atoms with Crippen LogP contribution in [0.4, 0.5) is 8.78 Å². The number of aliphatic hydroxyl groups excluding tert-OH is 1. The molecule has 0 radical (unpaired) electrons. The summed E-state index contributed by atoms with van der Waals surface area (Å²) < 4.78 is 36.3. The van der Waals surface area contributed by atoms with Crippen LogP contribution >= 0.6 is 11.6 Å². The van der Waals surface area contributed by atoms with Gasteiger partial charge in [-0.05, 0) is 24.6 Å². The Kier molecular flexibility index (Phi) is 5.08. The van der Waals surface area contributed by atoms with Gasteiger partial charge < -0.3 is 14.6 Å². The second-order valence-electron chi connectivity index (χ2n) is 3.64. The van der Waals surface area contributed by atoms with E-state index in [1.807, 2.05) is 0 Å². The Hall–Kier alpha value is -1.40. The molecule has 0 aliphatic heterocycles. The van der Waals surface area contributed by atoms with Gasteiger partial charge in [0.25, 0.3) is 0 Å². The lowest BCUT2D eigenvalue weighted by atomic mass is 10.0. The molecule has 0 saturated heterocycles. The Bertz CT molecular complexity index is 465. The average molecular weight is 295 g/mol. The molecule has 0 heterocycles. The van der Waals surface area contributed by atoms with Gasteiger partial charge in [-0.1, -0.05) is 17.7 Å². The molecular formula is C12H13ClF2O4. The summed E-state index contributed by atoms with van der Waals surface area (Å²) in [5.41, 5.74) is -0.205. The van der Waals surface area contributed by atoms with Crippen LogP contribution in [0.15, 0.2) is 18.2 Å². The number of ether oxygens (including phenoxy) is 2.